The fraction of sp³-hybridized carbons (Fsp3) is 0.435. The number of piperidine rings is 1. The van der Waals surface area contributed by atoms with Crippen LogP contribution < -0.4 is 16.0 Å². The topological polar surface area (TPSA) is 83.1 Å². The number of nitrogens with zero attached hydrogens (tertiary/aromatic N) is 1. The van der Waals surface area contributed by atoms with E-state index in [1.165, 1.54) is 13.1 Å². The maximum absolute atomic E-state index is 13.9. The second-order valence-electron chi connectivity index (χ2n) is 7.78. The number of hydrogen-bond acceptors (Lipinski definition) is 4. The predicted octanol–water partition coefficient (Wildman–Crippen LogP) is 2.79. The Morgan fingerprint density at radius 1 is 1.19 bits per heavy atom. The van der Waals surface area contributed by atoms with Crippen LogP contribution in [-0.4, -0.2) is 49.4 Å². The second-order valence-corrected chi connectivity index (χ2v) is 7.78. The van der Waals surface area contributed by atoms with Gasteiger partial charge in [0.05, 0.1) is 0 Å². The third-order valence-corrected chi connectivity index (χ3v) is 5.47. The molecule has 2 heterocycles. The monoisotopic (exact) mass is 430 g/mol. The van der Waals surface area contributed by atoms with E-state index in [9.17, 15) is 18.4 Å². The Labute approximate surface area is 180 Å². The molecule has 166 valence electrons. The molecular weight excluding hydrogens is 402 g/mol. The Hall–Kier alpha value is -2.87. The summed E-state index contributed by atoms with van der Waals surface area (Å²) in [6.45, 7) is 0.919. The molecule has 0 spiro atoms. The molecule has 1 saturated heterocycles. The summed E-state index contributed by atoms with van der Waals surface area (Å²) < 4.78 is 27.8. The van der Waals surface area contributed by atoms with Gasteiger partial charge < -0.3 is 16.0 Å². The summed E-state index contributed by atoms with van der Waals surface area (Å²) >= 11 is 0. The second kappa shape index (κ2) is 10.4. The number of pyridine rings is 1. The number of carbonyl (C=O) groups excluding carboxylic acids is 2. The molecule has 1 fully saturated rings. The van der Waals surface area contributed by atoms with E-state index in [0.717, 1.165) is 5.56 Å². The van der Waals surface area contributed by atoms with Crippen LogP contribution in [0.2, 0.25) is 0 Å². The molecule has 2 aromatic rings. The molecule has 1 aromatic carbocycles. The van der Waals surface area contributed by atoms with Gasteiger partial charge in [-0.2, -0.15) is 0 Å². The normalized spacial score (nSPS) is 17.7. The molecule has 2 amide bonds. The van der Waals surface area contributed by atoms with E-state index in [2.05, 4.69) is 20.9 Å². The molecule has 31 heavy (non-hydrogen) atoms. The van der Waals surface area contributed by atoms with Crippen LogP contribution >= 0.6 is 0 Å². The highest BCUT2D eigenvalue weighted by Gasteiger charge is 2.40. The molecule has 6 nitrogen and oxygen atoms in total. The molecule has 1 atom stereocenters. The molecule has 1 aliphatic heterocycles. The molecule has 0 aliphatic carbocycles. The van der Waals surface area contributed by atoms with E-state index >= 15 is 0 Å². The number of aromatic nitrogens is 1. The average Bonchev–Trinajstić information content (AvgIpc) is 2.77. The molecule has 0 saturated carbocycles. The smallest absolute Gasteiger partial charge is 0.269 e. The SMILES string of the molecule is CNC(=O)c1cc(C(=O)NCCCC2CNCCC2(F)F)cc(Cc2ccccc2)n1. The lowest BCUT2D eigenvalue weighted by atomic mass is 9.90. The van der Waals surface area contributed by atoms with Crippen LogP contribution in [0.15, 0.2) is 42.5 Å². The summed E-state index contributed by atoms with van der Waals surface area (Å²) in [4.78, 5) is 29.1. The maximum Gasteiger partial charge on any atom is 0.269 e. The fourth-order valence-electron chi connectivity index (χ4n) is 3.71. The Morgan fingerprint density at radius 2 is 1.97 bits per heavy atom. The van der Waals surface area contributed by atoms with Crippen LogP contribution in [0.5, 0.6) is 0 Å². The largest absolute Gasteiger partial charge is 0.354 e. The molecule has 8 heteroatoms. The van der Waals surface area contributed by atoms with Gasteiger partial charge in [-0.1, -0.05) is 30.3 Å². The molecule has 0 bridgehead atoms. The van der Waals surface area contributed by atoms with Crippen molar-refractivity contribution in [3.8, 4) is 0 Å². The lowest BCUT2D eigenvalue weighted by Gasteiger charge is -2.31. The predicted molar refractivity (Wildman–Crippen MR) is 114 cm³/mol. The standard InChI is InChI=1S/C23H28F2N4O2/c1-26-22(31)20-14-17(13-19(29-20)12-16-6-3-2-4-7-16)21(30)28-10-5-8-18-15-27-11-9-23(18,24)25/h2-4,6-7,13-14,18,27H,5,8-12,15H2,1H3,(H,26,31)(H,28,30). The minimum absolute atomic E-state index is 0.145. The Kier molecular flexibility index (Phi) is 7.68. The van der Waals surface area contributed by atoms with Crippen molar-refractivity contribution in [2.75, 3.05) is 26.7 Å². The Balaban J connectivity index is 1.63. The number of benzene rings is 1. The van der Waals surface area contributed by atoms with Crippen molar-refractivity contribution in [3.63, 3.8) is 0 Å². The van der Waals surface area contributed by atoms with Gasteiger partial charge in [-0.15, -0.1) is 0 Å². The number of rotatable bonds is 8. The number of halogens is 2. The van der Waals surface area contributed by atoms with Crippen LogP contribution in [0.25, 0.3) is 0 Å². The Morgan fingerprint density at radius 3 is 2.68 bits per heavy atom. The summed E-state index contributed by atoms with van der Waals surface area (Å²) in [5, 5.41) is 8.30. The maximum atomic E-state index is 13.9. The van der Waals surface area contributed by atoms with Gasteiger partial charge >= 0.3 is 0 Å². The van der Waals surface area contributed by atoms with Crippen molar-refractivity contribution in [2.45, 2.75) is 31.6 Å². The highest BCUT2D eigenvalue weighted by molar-refractivity contribution is 5.98. The van der Waals surface area contributed by atoms with Crippen LogP contribution in [0.4, 0.5) is 8.78 Å². The van der Waals surface area contributed by atoms with Crippen LogP contribution in [-0.2, 0) is 6.42 Å². The molecular formula is C23H28F2N4O2. The minimum atomic E-state index is -2.66. The van der Waals surface area contributed by atoms with Crippen LogP contribution in [0, 0.1) is 5.92 Å². The van der Waals surface area contributed by atoms with Gasteiger partial charge in [0.25, 0.3) is 17.7 Å². The van der Waals surface area contributed by atoms with Gasteiger partial charge in [0, 0.05) is 56.7 Å². The van der Waals surface area contributed by atoms with Gasteiger partial charge in [0.15, 0.2) is 0 Å². The number of carbonyl (C=O) groups is 2. The van der Waals surface area contributed by atoms with Crippen LogP contribution in [0.1, 0.15) is 51.4 Å². The first-order valence-corrected chi connectivity index (χ1v) is 10.5. The third kappa shape index (κ3) is 6.30. The van der Waals surface area contributed by atoms with Crippen molar-refractivity contribution < 1.29 is 18.4 Å². The quantitative estimate of drug-likeness (QED) is 0.563. The first-order chi connectivity index (χ1) is 14.9. The van der Waals surface area contributed by atoms with E-state index < -0.39 is 11.8 Å². The molecule has 3 rings (SSSR count). The van der Waals surface area contributed by atoms with E-state index in [1.54, 1.807) is 6.07 Å². The molecule has 0 radical (unpaired) electrons. The fourth-order valence-corrected chi connectivity index (χ4v) is 3.71. The summed E-state index contributed by atoms with van der Waals surface area (Å²) in [5.41, 5.74) is 2.10. The number of nitrogens with one attached hydrogen (secondary N) is 3. The van der Waals surface area contributed by atoms with E-state index in [1.807, 2.05) is 30.3 Å². The van der Waals surface area contributed by atoms with Gasteiger partial charge in [-0.3, -0.25) is 9.59 Å². The number of hydrogen-bond donors (Lipinski definition) is 3. The minimum Gasteiger partial charge on any atom is -0.354 e. The Bertz CT molecular complexity index is 906. The lowest BCUT2D eigenvalue weighted by Crippen LogP contribution is -2.44. The third-order valence-electron chi connectivity index (χ3n) is 5.47. The zero-order valence-electron chi connectivity index (χ0n) is 17.6. The van der Waals surface area contributed by atoms with Crippen molar-refractivity contribution in [2.24, 2.45) is 5.92 Å². The molecule has 1 unspecified atom stereocenters. The van der Waals surface area contributed by atoms with E-state index in [0.29, 0.717) is 43.6 Å². The zero-order chi connectivity index (χ0) is 22.3. The van der Waals surface area contributed by atoms with Crippen molar-refractivity contribution in [3.05, 3.63) is 65.0 Å². The summed E-state index contributed by atoms with van der Waals surface area (Å²) in [6.07, 6.45) is 1.13. The number of amides is 2. The van der Waals surface area contributed by atoms with Gasteiger partial charge in [-0.25, -0.2) is 13.8 Å². The summed E-state index contributed by atoms with van der Waals surface area (Å²) in [7, 11) is 1.50. The van der Waals surface area contributed by atoms with Crippen LogP contribution in [0.3, 0.4) is 0 Å². The highest BCUT2D eigenvalue weighted by Crippen LogP contribution is 2.33. The van der Waals surface area contributed by atoms with Crippen molar-refractivity contribution >= 4 is 11.8 Å². The summed E-state index contributed by atoms with van der Waals surface area (Å²) in [6, 6.07) is 12.7. The van der Waals surface area contributed by atoms with E-state index in [4.69, 9.17) is 0 Å². The van der Waals surface area contributed by atoms with Crippen molar-refractivity contribution in [1.82, 2.24) is 20.9 Å². The number of alkyl halides is 2. The van der Waals surface area contributed by atoms with Gasteiger partial charge in [0.2, 0.25) is 0 Å². The van der Waals surface area contributed by atoms with Gasteiger partial charge in [0.1, 0.15) is 5.69 Å². The first kappa shape index (κ1) is 22.8. The zero-order valence-corrected chi connectivity index (χ0v) is 17.6. The van der Waals surface area contributed by atoms with Crippen molar-refractivity contribution in [1.29, 1.82) is 0 Å². The summed E-state index contributed by atoms with van der Waals surface area (Å²) in [5.74, 6) is -4.10. The molecule has 1 aromatic heterocycles. The first-order valence-electron chi connectivity index (χ1n) is 10.5. The average molecular weight is 430 g/mol. The van der Waals surface area contributed by atoms with Gasteiger partial charge in [-0.05, 0) is 30.5 Å². The molecule has 3 N–H and O–H groups in total. The van der Waals surface area contributed by atoms with E-state index in [-0.39, 0.29) is 30.5 Å². The highest BCUT2D eigenvalue weighted by atomic mass is 19.3. The molecule has 1 aliphatic rings. The lowest BCUT2D eigenvalue weighted by molar-refractivity contribution is -0.0809.